The fourth-order valence-corrected chi connectivity index (χ4v) is 8.52. The molecule has 0 spiro atoms. The van der Waals surface area contributed by atoms with Gasteiger partial charge < -0.3 is 49.4 Å². The molecule has 3 aliphatic heterocycles. The molecule has 0 bridgehead atoms. The van der Waals surface area contributed by atoms with E-state index in [2.05, 4.69) is 31.2 Å². The number of fused-ring (bicyclic) bond motifs is 2. The zero-order chi connectivity index (χ0) is 45.9. The summed E-state index contributed by atoms with van der Waals surface area (Å²) in [6.45, 7) is 5.41. The van der Waals surface area contributed by atoms with Crippen LogP contribution in [0.1, 0.15) is 82.9 Å². The highest BCUT2D eigenvalue weighted by Gasteiger charge is 2.46. The number of carbonyl (C=O) groups is 6. The van der Waals surface area contributed by atoms with Gasteiger partial charge in [0.15, 0.2) is 5.82 Å². The van der Waals surface area contributed by atoms with Gasteiger partial charge in [-0.1, -0.05) is 25.8 Å². The van der Waals surface area contributed by atoms with Crippen molar-refractivity contribution in [3.8, 4) is 5.75 Å². The molecule has 20 nitrogen and oxygen atoms in total. The van der Waals surface area contributed by atoms with Gasteiger partial charge in [0.25, 0.3) is 17.7 Å². The van der Waals surface area contributed by atoms with E-state index in [-0.39, 0.29) is 47.9 Å². The molecule has 3 aromatic rings. The third kappa shape index (κ3) is 10.8. The highest BCUT2D eigenvalue weighted by Crippen LogP contribution is 2.40. The van der Waals surface area contributed by atoms with Crippen molar-refractivity contribution in [1.82, 2.24) is 25.5 Å². The Hall–Kier alpha value is -6.22. The van der Waals surface area contributed by atoms with Crippen molar-refractivity contribution in [2.45, 2.75) is 70.0 Å². The third-order valence-corrected chi connectivity index (χ3v) is 11.8. The molecule has 1 aromatic heterocycles. The summed E-state index contributed by atoms with van der Waals surface area (Å²) in [6.07, 6.45) is 6.80. The van der Waals surface area contributed by atoms with E-state index in [1.807, 2.05) is 6.92 Å². The second-order valence-electron chi connectivity index (χ2n) is 15.9. The van der Waals surface area contributed by atoms with E-state index < -0.39 is 29.7 Å². The van der Waals surface area contributed by atoms with Crippen LogP contribution >= 0.6 is 0 Å². The van der Waals surface area contributed by atoms with E-state index in [1.165, 1.54) is 7.11 Å². The molecule has 6 amide bonds. The van der Waals surface area contributed by atoms with Crippen LogP contribution in [0, 0.1) is 0 Å². The van der Waals surface area contributed by atoms with Gasteiger partial charge in [-0.15, -0.1) is 0 Å². The summed E-state index contributed by atoms with van der Waals surface area (Å²) in [6, 6.07) is 8.92. The van der Waals surface area contributed by atoms with Gasteiger partial charge in [-0.3, -0.25) is 39.0 Å². The first-order valence-corrected chi connectivity index (χ1v) is 22.2. The van der Waals surface area contributed by atoms with Crippen LogP contribution in [0.2, 0.25) is 0 Å². The van der Waals surface area contributed by atoms with Crippen molar-refractivity contribution in [2.75, 3.05) is 101 Å². The number of imide groups is 2. The lowest BCUT2D eigenvalue weighted by Gasteiger charge is -2.43. The van der Waals surface area contributed by atoms with Crippen LogP contribution in [-0.4, -0.2) is 149 Å². The first-order chi connectivity index (χ1) is 31.6. The lowest BCUT2D eigenvalue weighted by atomic mass is 10.0. The van der Waals surface area contributed by atoms with Crippen molar-refractivity contribution < 1.29 is 52.5 Å². The van der Waals surface area contributed by atoms with Crippen molar-refractivity contribution in [1.29, 1.82) is 0 Å². The van der Waals surface area contributed by atoms with Crippen LogP contribution in [0.25, 0.3) is 0 Å². The highest BCUT2D eigenvalue weighted by molar-refractivity contribution is 6.25. The summed E-state index contributed by atoms with van der Waals surface area (Å²) >= 11 is 0. The summed E-state index contributed by atoms with van der Waals surface area (Å²) < 4.78 is 28.0. The Labute approximate surface area is 377 Å². The molecular formula is C45H57N9O11. The van der Waals surface area contributed by atoms with Crippen LogP contribution < -0.4 is 35.8 Å². The number of methoxy groups -OCH3 is 1. The van der Waals surface area contributed by atoms with E-state index >= 15 is 0 Å². The molecule has 20 heteroatoms. The number of anilines is 5. The summed E-state index contributed by atoms with van der Waals surface area (Å²) in [5, 5.41) is 11.4. The first-order valence-electron chi connectivity index (χ1n) is 22.2. The Morgan fingerprint density at radius 3 is 2.22 bits per heavy atom. The Morgan fingerprint density at radius 2 is 1.54 bits per heavy atom. The molecule has 4 aliphatic rings. The fraction of sp³-hybridized carbons (Fsp3) is 0.511. The smallest absolute Gasteiger partial charge is 0.264 e. The minimum absolute atomic E-state index is 0.0522. The predicted molar refractivity (Wildman–Crippen MR) is 238 cm³/mol. The fourth-order valence-electron chi connectivity index (χ4n) is 8.52. The number of nitrogens with zero attached hydrogens (tertiary/aromatic N) is 5. The Balaban J connectivity index is 0.735. The van der Waals surface area contributed by atoms with Gasteiger partial charge in [0.1, 0.15) is 23.5 Å². The maximum absolute atomic E-state index is 13.2. The van der Waals surface area contributed by atoms with Crippen LogP contribution in [0.4, 0.5) is 28.8 Å². The van der Waals surface area contributed by atoms with Crippen molar-refractivity contribution in [2.24, 2.45) is 0 Å². The number of hydrogen-bond acceptors (Lipinski definition) is 16. The predicted octanol–water partition coefficient (Wildman–Crippen LogP) is 3.04. The van der Waals surface area contributed by atoms with Crippen LogP contribution in [0.15, 0.2) is 42.6 Å². The maximum atomic E-state index is 13.2. The topological polar surface area (TPSA) is 232 Å². The number of amides is 6. The summed E-state index contributed by atoms with van der Waals surface area (Å²) in [5.74, 6) is -0.902. The lowest BCUT2D eigenvalue weighted by molar-refractivity contribution is -0.136. The van der Waals surface area contributed by atoms with Crippen LogP contribution in [0.3, 0.4) is 0 Å². The van der Waals surface area contributed by atoms with Gasteiger partial charge in [-0.05, 0) is 56.0 Å². The number of ether oxygens (including phenoxy) is 5. The van der Waals surface area contributed by atoms with E-state index in [1.54, 1.807) is 54.5 Å². The quantitative estimate of drug-likeness (QED) is 0.0792. The average molecular weight is 900 g/mol. The second-order valence-corrected chi connectivity index (χ2v) is 15.9. The molecule has 2 fully saturated rings. The van der Waals surface area contributed by atoms with Gasteiger partial charge in [0.2, 0.25) is 23.7 Å². The third-order valence-electron chi connectivity index (χ3n) is 11.8. The van der Waals surface area contributed by atoms with Gasteiger partial charge in [0.05, 0.1) is 83.0 Å². The number of piperidine rings is 1. The highest BCUT2D eigenvalue weighted by atomic mass is 16.6. The zero-order valence-electron chi connectivity index (χ0n) is 37.0. The normalized spacial score (nSPS) is 18.5. The van der Waals surface area contributed by atoms with Crippen molar-refractivity contribution in [3.05, 3.63) is 59.3 Å². The monoisotopic (exact) mass is 899 g/mol. The molecule has 0 radical (unpaired) electrons. The molecule has 4 heterocycles. The molecule has 2 atom stereocenters. The Morgan fingerprint density at radius 1 is 0.846 bits per heavy atom. The first kappa shape index (κ1) is 46.8. The largest absolute Gasteiger partial charge is 0.495 e. The van der Waals surface area contributed by atoms with E-state index in [0.29, 0.717) is 107 Å². The van der Waals surface area contributed by atoms with Gasteiger partial charge in [-0.2, -0.15) is 4.98 Å². The molecule has 1 saturated heterocycles. The van der Waals surface area contributed by atoms with E-state index in [4.69, 9.17) is 28.7 Å². The molecule has 1 aliphatic carbocycles. The number of nitrogens with one attached hydrogen (secondary N) is 4. The second kappa shape index (κ2) is 22.1. The number of rotatable bonds is 23. The number of carbonyl (C=O) groups excluding carboxylic acids is 6. The van der Waals surface area contributed by atoms with E-state index in [0.717, 1.165) is 36.4 Å². The molecular weight excluding hydrogens is 843 g/mol. The van der Waals surface area contributed by atoms with Gasteiger partial charge in [0, 0.05) is 43.9 Å². The van der Waals surface area contributed by atoms with Crippen molar-refractivity contribution >= 4 is 64.3 Å². The minimum Gasteiger partial charge on any atom is -0.495 e. The van der Waals surface area contributed by atoms with Gasteiger partial charge in [-0.25, -0.2) is 4.98 Å². The lowest BCUT2D eigenvalue weighted by Crippen LogP contribution is -2.55. The Bertz CT molecular complexity index is 2240. The summed E-state index contributed by atoms with van der Waals surface area (Å²) in [5.41, 5.74) is 2.54. The minimum atomic E-state index is -1.03. The standard InChI is InChI=1S/C45H57N9O11/c1-4-33-43(59)52(2)35-27-48-45(51-39(35)53(33)29-8-5-6-9-29)49-31-13-12-28(26-36(31)61-3)40(56)47-17-19-63-21-23-65-25-24-64-22-20-62-18-16-46-32-11-7-10-30-38(32)44(60)54(42(30)58)34-14-15-37(55)50-41(34)57/h7,10-13,26-27,29,33-34,46H,4-6,8-9,14-25H2,1-3H3,(H,47,56)(H,48,49,51)(H,50,55,57)/t33-,34?/m1/s1. The van der Waals surface area contributed by atoms with Crippen molar-refractivity contribution in [3.63, 3.8) is 0 Å². The van der Waals surface area contributed by atoms with E-state index in [9.17, 15) is 28.8 Å². The number of hydrogen-bond donors (Lipinski definition) is 4. The molecule has 348 valence electrons. The summed E-state index contributed by atoms with van der Waals surface area (Å²) in [7, 11) is 3.30. The number of likely N-dealkylation sites (N-methyl/N-ethyl adjacent to an activating group) is 1. The zero-order valence-corrected chi connectivity index (χ0v) is 37.0. The molecule has 1 unspecified atom stereocenters. The SMILES string of the molecule is CC[C@@H]1C(=O)N(C)c2cnc(Nc3ccc(C(=O)NCCOCCOCCOCCOCCNc4cccc5c4C(=O)N(C4CCC(=O)NC4=O)C5=O)cc3OC)nc2N1C1CCCC1. The van der Waals surface area contributed by atoms with Crippen LogP contribution in [-0.2, 0) is 33.3 Å². The molecule has 1 saturated carbocycles. The van der Waals surface area contributed by atoms with Crippen LogP contribution in [0.5, 0.6) is 5.75 Å². The maximum Gasteiger partial charge on any atom is 0.264 e. The number of benzene rings is 2. The Kier molecular flexibility index (Phi) is 15.9. The number of aromatic nitrogens is 2. The average Bonchev–Trinajstić information content (AvgIpc) is 3.93. The molecule has 7 rings (SSSR count). The molecule has 4 N–H and O–H groups in total. The molecule has 2 aromatic carbocycles. The summed E-state index contributed by atoms with van der Waals surface area (Å²) in [4.78, 5) is 90.5. The molecule has 65 heavy (non-hydrogen) atoms. The van der Waals surface area contributed by atoms with Gasteiger partial charge >= 0.3 is 0 Å².